The van der Waals surface area contributed by atoms with Crippen molar-refractivity contribution >= 4 is 11.7 Å². The van der Waals surface area contributed by atoms with Crippen LogP contribution in [0.4, 0.5) is 19.0 Å². The Hall–Kier alpha value is -3.09. The zero-order valence-corrected chi connectivity index (χ0v) is 12.8. The second-order valence-electron chi connectivity index (χ2n) is 5.81. The Morgan fingerprint density at radius 3 is 2.44 bits per heavy atom. The molecule has 0 fully saturated rings. The van der Waals surface area contributed by atoms with Crippen molar-refractivity contribution in [2.24, 2.45) is 0 Å². The van der Waals surface area contributed by atoms with Gasteiger partial charge in [0.05, 0.1) is 11.9 Å². The van der Waals surface area contributed by atoms with E-state index >= 15 is 0 Å². The maximum atomic E-state index is 14.2. The Morgan fingerprint density at radius 2 is 1.72 bits per heavy atom. The second kappa shape index (κ2) is 5.77. The highest BCUT2D eigenvalue weighted by molar-refractivity contribution is 5.94. The number of hydrogen-bond donors (Lipinski definition) is 1. The molecule has 1 aromatic heterocycles. The Bertz CT molecular complexity index is 966. The molecule has 0 spiro atoms. The van der Waals surface area contributed by atoms with Gasteiger partial charge < -0.3 is 5.32 Å². The highest BCUT2D eigenvalue weighted by Gasteiger charge is 2.32. The molecule has 0 saturated heterocycles. The van der Waals surface area contributed by atoms with Crippen molar-refractivity contribution < 1.29 is 18.0 Å². The zero-order chi connectivity index (χ0) is 17.6. The van der Waals surface area contributed by atoms with Gasteiger partial charge in [0, 0.05) is 24.0 Å². The average Bonchev–Trinajstić information content (AvgIpc) is 2.99. The quantitative estimate of drug-likeness (QED) is 0.770. The van der Waals surface area contributed by atoms with Gasteiger partial charge in [-0.25, -0.2) is 17.9 Å². The maximum absolute atomic E-state index is 14.2. The van der Waals surface area contributed by atoms with Crippen LogP contribution in [0.25, 0.3) is 5.69 Å². The molecular weight excluding hydrogens is 331 g/mol. The van der Waals surface area contributed by atoms with Crippen molar-refractivity contribution in [3.05, 3.63) is 77.2 Å². The summed E-state index contributed by atoms with van der Waals surface area (Å²) in [6.07, 6.45) is 1.57. The fourth-order valence-corrected chi connectivity index (χ4v) is 3.06. The summed E-state index contributed by atoms with van der Waals surface area (Å²) in [5.41, 5.74) is 1.41. The molecule has 25 heavy (non-hydrogen) atoms. The lowest BCUT2D eigenvalue weighted by atomic mass is 9.87. The van der Waals surface area contributed by atoms with Crippen LogP contribution < -0.4 is 5.32 Å². The van der Waals surface area contributed by atoms with Crippen LogP contribution in [-0.4, -0.2) is 15.7 Å². The van der Waals surface area contributed by atoms with Gasteiger partial charge in [-0.05, 0) is 35.9 Å². The van der Waals surface area contributed by atoms with E-state index in [9.17, 15) is 18.0 Å². The lowest BCUT2D eigenvalue weighted by Gasteiger charge is -2.24. The molecule has 7 heteroatoms. The zero-order valence-electron chi connectivity index (χ0n) is 12.8. The monoisotopic (exact) mass is 343 g/mol. The summed E-state index contributed by atoms with van der Waals surface area (Å²) in [6, 6.07) is 8.91. The van der Waals surface area contributed by atoms with E-state index in [-0.39, 0.29) is 23.7 Å². The fourth-order valence-electron chi connectivity index (χ4n) is 3.06. The molecule has 1 unspecified atom stereocenters. The summed E-state index contributed by atoms with van der Waals surface area (Å²) < 4.78 is 41.9. The van der Waals surface area contributed by atoms with Gasteiger partial charge in [0.1, 0.15) is 23.3 Å². The van der Waals surface area contributed by atoms with Crippen molar-refractivity contribution in [3.63, 3.8) is 0 Å². The molecule has 126 valence electrons. The molecule has 4 rings (SSSR count). The van der Waals surface area contributed by atoms with Crippen molar-refractivity contribution in [1.82, 2.24) is 9.78 Å². The summed E-state index contributed by atoms with van der Waals surface area (Å²) in [4.78, 5) is 12.1. The van der Waals surface area contributed by atoms with Crippen LogP contribution in [0.15, 0.2) is 48.7 Å². The van der Waals surface area contributed by atoms with Crippen LogP contribution >= 0.6 is 0 Å². The number of amides is 1. The van der Waals surface area contributed by atoms with Gasteiger partial charge in [-0.2, -0.15) is 5.10 Å². The molecule has 0 radical (unpaired) electrons. The third-order valence-corrected chi connectivity index (χ3v) is 4.23. The van der Waals surface area contributed by atoms with E-state index in [0.717, 1.165) is 12.1 Å². The minimum absolute atomic E-state index is 0.0324. The first-order valence-electron chi connectivity index (χ1n) is 7.61. The van der Waals surface area contributed by atoms with Crippen LogP contribution in [0.5, 0.6) is 0 Å². The molecular formula is C18H12F3N3O. The summed E-state index contributed by atoms with van der Waals surface area (Å²) in [5.74, 6) is -2.25. The minimum Gasteiger partial charge on any atom is -0.310 e. The molecule has 0 bridgehead atoms. The molecule has 1 aliphatic rings. The normalized spacial score (nSPS) is 16.4. The average molecular weight is 343 g/mol. The highest BCUT2D eigenvalue weighted by atomic mass is 19.1. The lowest BCUT2D eigenvalue weighted by Crippen LogP contribution is -2.25. The molecule has 1 atom stereocenters. The molecule has 3 aromatic rings. The first-order valence-corrected chi connectivity index (χ1v) is 7.61. The Morgan fingerprint density at radius 1 is 1.00 bits per heavy atom. The van der Waals surface area contributed by atoms with Crippen LogP contribution in [0.2, 0.25) is 0 Å². The van der Waals surface area contributed by atoms with Crippen molar-refractivity contribution in [3.8, 4) is 5.69 Å². The fraction of sp³-hybridized carbons (Fsp3) is 0.111. The standard InChI is InChI=1S/C18H12F3N3O/c19-10-1-4-12(5-2-10)24-18-15(9-22-24)14(8-17(25)23-18)13-6-3-11(20)7-16(13)21/h1-7,9,14H,8H2,(H,23,25). The van der Waals surface area contributed by atoms with Crippen LogP contribution in [0, 0.1) is 17.5 Å². The molecule has 0 aliphatic carbocycles. The van der Waals surface area contributed by atoms with Gasteiger partial charge in [-0.1, -0.05) is 6.07 Å². The highest BCUT2D eigenvalue weighted by Crippen LogP contribution is 2.39. The number of anilines is 1. The van der Waals surface area contributed by atoms with Gasteiger partial charge in [0.25, 0.3) is 0 Å². The van der Waals surface area contributed by atoms with E-state index in [0.29, 0.717) is 17.1 Å². The number of hydrogen-bond acceptors (Lipinski definition) is 2. The summed E-state index contributed by atoms with van der Waals surface area (Å²) in [7, 11) is 0. The van der Waals surface area contributed by atoms with Gasteiger partial charge >= 0.3 is 0 Å². The van der Waals surface area contributed by atoms with Crippen LogP contribution in [0.3, 0.4) is 0 Å². The molecule has 1 amide bonds. The number of nitrogens with one attached hydrogen (secondary N) is 1. The number of halogens is 3. The van der Waals surface area contributed by atoms with Gasteiger partial charge in [0.2, 0.25) is 5.91 Å². The molecule has 2 heterocycles. The maximum Gasteiger partial charge on any atom is 0.226 e. The lowest BCUT2D eigenvalue weighted by molar-refractivity contribution is -0.116. The number of benzene rings is 2. The summed E-state index contributed by atoms with van der Waals surface area (Å²) in [5, 5.41) is 6.96. The predicted molar refractivity (Wildman–Crippen MR) is 85.0 cm³/mol. The number of rotatable bonds is 2. The third-order valence-electron chi connectivity index (χ3n) is 4.23. The van der Waals surface area contributed by atoms with E-state index in [1.807, 2.05) is 0 Å². The molecule has 2 aromatic carbocycles. The number of fused-ring (bicyclic) bond motifs is 1. The molecule has 1 N–H and O–H groups in total. The minimum atomic E-state index is -0.708. The van der Waals surface area contributed by atoms with Crippen molar-refractivity contribution in [1.29, 1.82) is 0 Å². The van der Waals surface area contributed by atoms with Gasteiger partial charge in [-0.3, -0.25) is 4.79 Å². The first kappa shape index (κ1) is 15.4. The first-order chi connectivity index (χ1) is 12.0. The van der Waals surface area contributed by atoms with Crippen molar-refractivity contribution in [2.45, 2.75) is 12.3 Å². The number of carbonyl (C=O) groups excluding carboxylic acids is 1. The third kappa shape index (κ3) is 2.67. The largest absolute Gasteiger partial charge is 0.310 e. The second-order valence-corrected chi connectivity index (χ2v) is 5.81. The number of nitrogens with zero attached hydrogens (tertiary/aromatic N) is 2. The van der Waals surface area contributed by atoms with Crippen LogP contribution in [-0.2, 0) is 4.79 Å². The Balaban J connectivity index is 1.82. The van der Waals surface area contributed by atoms with Gasteiger partial charge in [0.15, 0.2) is 0 Å². The van der Waals surface area contributed by atoms with E-state index in [4.69, 9.17) is 0 Å². The van der Waals surface area contributed by atoms with E-state index in [2.05, 4.69) is 10.4 Å². The van der Waals surface area contributed by atoms with Crippen molar-refractivity contribution in [2.75, 3.05) is 5.32 Å². The van der Waals surface area contributed by atoms with Crippen LogP contribution in [0.1, 0.15) is 23.5 Å². The molecule has 1 aliphatic heterocycles. The van der Waals surface area contributed by atoms with E-state index in [1.165, 1.54) is 41.2 Å². The Labute approximate surface area is 140 Å². The van der Waals surface area contributed by atoms with E-state index in [1.54, 1.807) is 0 Å². The SMILES string of the molecule is O=C1CC(c2ccc(F)cc2F)c2cnn(-c3ccc(F)cc3)c2N1. The number of aromatic nitrogens is 2. The van der Waals surface area contributed by atoms with Gasteiger partial charge in [-0.15, -0.1) is 0 Å². The topological polar surface area (TPSA) is 46.9 Å². The molecule has 4 nitrogen and oxygen atoms in total. The number of carbonyl (C=O) groups is 1. The smallest absolute Gasteiger partial charge is 0.226 e. The summed E-state index contributed by atoms with van der Waals surface area (Å²) in [6.45, 7) is 0. The van der Waals surface area contributed by atoms with E-state index < -0.39 is 17.6 Å². The predicted octanol–water partition coefficient (Wildman–Crippen LogP) is 3.76. The summed E-state index contributed by atoms with van der Waals surface area (Å²) >= 11 is 0. The molecule has 0 saturated carbocycles. The Kier molecular flexibility index (Phi) is 3.56.